The minimum atomic E-state index is -0.890. The van der Waals surface area contributed by atoms with Crippen LogP contribution in [-0.4, -0.2) is 16.6 Å². The van der Waals surface area contributed by atoms with Crippen LogP contribution in [0.1, 0.15) is 0 Å². The molecule has 25 heavy (non-hydrogen) atoms. The molecule has 0 bridgehead atoms. The fraction of sp³-hybridized carbons (Fsp3) is 0.0588. The second kappa shape index (κ2) is 5.56. The lowest BCUT2D eigenvalue weighted by Gasteiger charge is -2.10. The molecule has 0 aliphatic rings. The Bertz CT molecular complexity index is 1180. The van der Waals surface area contributed by atoms with Gasteiger partial charge in [-0.1, -0.05) is 17.7 Å². The minimum Gasteiger partial charge on any atom is -0.450 e. The summed E-state index contributed by atoms with van der Waals surface area (Å²) in [4.78, 5) is 16.4. The predicted molar refractivity (Wildman–Crippen MR) is 91.6 cm³/mol. The number of benzene rings is 2. The Labute approximate surface area is 144 Å². The zero-order valence-corrected chi connectivity index (χ0v) is 13.6. The molecule has 1 N–H and O–H groups in total. The molecule has 0 aliphatic heterocycles. The number of hydrogen-bond acceptors (Lipinski definition) is 4. The number of anilines is 1. The van der Waals surface area contributed by atoms with E-state index in [9.17, 15) is 13.6 Å². The zero-order valence-electron chi connectivity index (χ0n) is 12.8. The number of rotatable bonds is 2. The number of nitrogens with zero attached hydrogens (tertiary/aromatic N) is 2. The first-order valence-corrected chi connectivity index (χ1v) is 7.66. The van der Waals surface area contributed by atoms with Gasteiger partial charge in [-0.3, -0.25) is 4.57 Å². The fourth-order valence-electron chi connectivity index (χ4n) is 2.81. The molecule has 4 rings (SSSR count). The van der Waals surface area contributed by atoms with Gasteiger partial charge in [-0.2, -0.15) is 4.98 Å². The summed E-state index contributed by atoms with van der Waals surface area (Å²) in [7, 11) is 1.56. The summed E-state index contributed by atoms with van der Waals surface area (Å²) < 4.78 is 35.2. The van der Waals surface area contributed by atoms with Crippen LogP contribution in [0, 0.1) is 11.6 Å². The van der Waals surface area contributed by atoms with Crippen molar-refractivity contribution < 1.29 is 13.2 Å². The third kappa shape index (κ3) is 2.27. The van der Waals surface area contributed by atoms with Crippen molar-refractivity contribution in [2.24, 2.45) is 0 Å². The highest BCUT2D eigenvalue weighted by atomic mass is 35.5. The quantitative estimate of drug-likeness (QED) is 0.584. The van der Waals surface area contributed by atoms with Crippen molar-refractivity contribution in [1.82, 2.24) is 9.55 Å². The number of aromatic nitrogens is 2. The summed E-state index contributed by atoms with van der Waals surface area (Å²) in [5, 5.41) is 3.60. The van der Waals surface area contributed by atoms with E-state index in [0.29, 0.717) is 16.0 Å². The second-order valence-electron chi connectivity index (χ2n) is 5.32. The number of fused-ring (bicyclic) bond motifs is 3. The molecule has 0 amide bonds. The standard InChI is InChI=1S/C17H10ClF2N3O2/c1-21-16-15-13(9-7-8(18)5-6-12(9)25-15)23(17(24)22-16)14-10(19)3-2-4-11(14)20/h2-7H,1H3,(H,21,22,24). The van der Waals surface area contributed by atoms with Crippen LogP contribution in [0.2, 0.25) is 5.02 Å². The number of para-hydroxylation sites is 1. The molecule has 4 aromatic rings. The molecule has 0 atom stereocenters. The maximum absolute atomic E-state index is 14.3. The van der Waals surface area contributed by atoms with Gasteiger partial charge in [-0.05, 0) is 30.3 Å². The van der Waals surface area contributed by atoms with Crippen LogP contribution in [0.25, 0.3) is 27.8 Å². The highest BCUT2D eigenvalue weighted by molar-refractivity contribution is 6.31. The Morgan fingerprint density at radius 2 is 1.92 bits per heavy atom. The largest absolute Gasteiger partial charge is 0.450 e. The topological polar surface area (TPSA) is 60.1 Å². The monoisotopic (exact) mass is 361 g/mol. The summed E-state index contributed by atoms with van der Waals surface area (Å²) in [5.41, 5.74) is -0.569. The van der Waals surface area contributed by atoms with Gasteiger partial charge in [0.25, 0.3) is 0 Å². The molecule has 8 heteroatoms. The van der Waals surface area contributed by atoms with Gasteiger partial charge < -0.3 is 9.73 Å². The summed E-state index contributed by atoms with van der Waals surface area (Å²) in [6.07, 6.45) is 0. The minimum absolute atomic E-state index is 0.167. The molecule has 2 heterocycles. The van der Waals surface area contributed by atoms with E-state index in [1.807, 2.05) is 0 Å². The van der Waals surface area contributed by atoms with E-state index < -0.39 is 23.0 Å². The molecular weight excluding hydrogens is 352 g/mol. The molecule has 0 unspecified atom stereocenters. The highest BCUT2D eigenvalue weighted by Gasteiger charge is 2.22. The van der Waals surface area contributed by atoms with E-state index >= 15 is 0 Å². The third-order valence-corrected chi connectivity index (χ3v) is 4.09. The van der Waals surface area contributed by atoms with Crippen molar-refractivity contribution in [3.63, 3.8) is 0 Å². The molecule has 0 radical (unpaired) electrons. The summed E-state index contributed by atoms with van der Waals surface area (Å²) >= 11 is 6.04. The van der Waals surface area contributed by atoms with Crippen LogP contribution in [0.4, 0.5) is 14.6 Å². The lowest BCUT2D eigenvalue weighted by atomic mass is 10.2. The number of halogens is 3. The lowest BCUT2D eigenvalue weighted by Crippen LogP contribution is -2.24. The van der Waals surface area contributed by atoms with Crippen molar-refractivity contribution in [3.8, 4) is 5.69 Å². The first-order chi connectivity index (χ1) is 12.0. The molecular formula is C17H10ClF2N3O2. The van der Waals surface area contributed by atoms with E-state index in [1.165, 1.54) is 6.07 Å². The van der Waals surface area contributed by atoms with E-state index in [2.05, 4.69) is 10.3 Å². The van der Waals surface area contributed by atoms with Gasteiger partial charge in [0.2, 0.25) is 0 Å². The van der Waals surface area contributed by atoms with E-state index in [0.717, 1.165) is 16.7 Å². The Kier molecular flexibility index (Phi) is 3.47. The first-order valence-electron chi connectivity index (χ1n) is 7.28. The van der Waals surface area contributed by atoms with Crippen LogP contribution < -0.4 is 11.0 Å². The van der Waals surface area contributed by atoms with Gasteiger partial charge in [0.1, 0.15) is 28.4 Å². The van der Waals surface area contributed by atoms with Crippen molar-refractivity contribution >= 4 is 39.5 Å². The van der Waals surface area contributed by atoms with Gasteiger partial charge >= 0.3 is 5.69 Å². The van der Waals surface area contributed by atoms with Crippen LogP contribution in [0.3, 0.4) is 0 Å². The molecule has 0 fully saturated rings. The highest BCUT2D eigenvalue weighted by Crippen LogP contribution is 2.34. The molecule has 0 saturated heterocycles. The summed E-state index contributed by atoms with van der Waals surface area (Å²) in [6.45, 7) is 0. The Morgan fingerprint density at radius 1 is 1.20 bits per heavy atom. The van der Waals surface area contributed by atoms with Crippen molar-refractivity contribution in [3.05, 3.63) is 63.5 Å². The summed E-state index contributed by atoms with van der Waals surface area (Å²) in [6, 6.07) is 8.15. The van der Waals surface area contributed by atoms with E-state index in [1.54, 1.807) is 25.2 Å². The van der Waals surface area contributed by atoms with Crippen molar-refractivity contribution in [1.29, 1.82) is 0 Å². The average Bonchev–Trinajstić information content (AvgIpc) is 2.94. The van der Waals surface area contributed by atoms with Gasteiger partial charge in [-0.25, -0.2) is 13.6 Å². The average molecular weight is 362 g/mol. The van der Waals surface area contributed by atoms with Crippen LogP contribution in [0.15, 0.2) is 45.6 Å². The van der Waals surface area contributed by atoms with Crippen LogP contribution in [0.5, 0.6) is 0 Å². The number of hydrogen-bond donors (Lipinski definition) is 1. The molecule has 2 aromatic heterocycles. The SMILES string of the molecule is CNc1nc(=O)n(-c2c(F)cccc2F)c2c1oc1ccc(Cl)cc12. The summed E-state index contributed by atoms with van der Waals surface area (Å²) in [5.74, 6) is -1.61. The van der Waals surface area contributed by atoms with Gasteiger partial charge in [0.05, 0.1) is 0 Å². The Hall–Kier alpha value is -2.93. The third-order valence-electron chi connectivity index (χ3n) is 3.86. The number of nitrogens with one attached hydrogen (secondary N) is 1. The molecule has 0 spiro atoms. The van der Waals surface area contributed by atoms with E-state index in [4.69, 9.17) is 16.0 Å². The molecule has 0 aliphatic carbocycles. The Balaban J connectivity index is 2.29. The van der Waals surface area contributed by atoms with Crippen molar-refractivity contribution in [2.45, 2.75) is 0 Å². The maximum Gasteiger partial charge on any atom is 0.355 e. The zero-order chi connectivity index (χ0) is 17.7. The van der Waals surface area contributed by atoms with E-state index in [-0.39, 0.29) is 16.9 Å². The van der Waals surface area contributed by atoms with Crippen LogP contribution >= 0.6 is 11.6 Å². The van der Waals surface area contributed by atoms with Gasteiger partial charge in [0.15, 0.2) is 11.4 Å². The van der Waals surface area contributed by atoms with Crippen molar-refractivity contribution in [2.75, 3.05) is 12.4 Å². The smallest absolute Gasteiger partial charge is 0.355 e. The molecule has 0 saturated carbocycles. The fourth-order valence-corrected chi connectivity index (χ4v) is 2.98. The molecule has 2 aromatic carbocycles. The lowest BCUT2D eigenvalue weighted by molar-refractivity contribution is 0.567. The van der Waals surface area contributed by atoms with Gasteiger partial charge in [-0.15, -0.1) is 0 Å². The molecule has 5 nitrogen and oxygen atoms in total. The predicted octanol–water partition coefficient (Wildman–Crippen LogP) is 4.11. The number of furan rings is 1. The van der Waals surface area contributed by atoms with Gasteiger partial charge in [0, 0.05) is 17.5 Å². The Morgan fingerprint density at radius 3 is 2.60 bits per heavy atom. The maximum atomic E-state index is 14.3. The first kappa shape index (κ1) is 15.6. The normalized spacial score (nSPS) is 11.4. The van der Waals surface area contributed by atoms with Crippen LogP contribution in [-0.2, 0) is 0 Å². The second-order valence-corrected chi connectivity index (χ2v) is 5.76. The molecule has 126 valence electrons.